The van der Waals surface area contributed by atoms with Crippen LogP contribution in [0.4, 0.5) is 17.1 Å². The molecule has 1 aliphatic heterocycles. The van der Waals surface area contributed by atoms with Crippen molar-refractivity contribution < 1.29 is 14.4 Å². The summed E-state index contributed by atoms with van der Waals surface area (Å²) in [5.41, 5.74) is 3.64. The monoisotopic (exact) mass is 500 g/mol. The van der Waals surface area contributed by atoms with E-state index in [4.69, 9.17) is 0 Å². The Bertz CT molecular complexity index is 1180. The summed E-state index contributed by atoms with van der Waals surface area (Å²) >= 11 is 0. The standard InChI is InChI=1S/C30H36N4O3/c1-3-29(36)34-21(2)20-26(25-12-7-8-13-27(25)34)32-23-15-17-24(18-16-23)33-28(35)14-9-19-31-30(37)22-10-5-4-6-11-22/h7-8,12-13,15-18,21-22,26,32H,3-6,10-11,19-20H2,1-2H3,(H,31,37)(H,33,35)/t21-,26+/m0/s1. The molecule has 37 heavy (non-hydrogen) atoms. The summed E-state index contributed by atoms with van der Waals surface area (Å²) in [6, 6.07) is 15.7. The van der Waals surface area contributed by atoms with Gasteiger partial charge >= 0.3 is 0 Å². The van der Waals surface area contributed by atoms with Gasteiger partial charge in [-0.25, -0.2) is 0 Å². The molecule has 0 aromatic heterocycles. The van der Waals surface area contributed by atoms with Crippen LogP contribution < -0.4 is 20.9 Å². The molecule has 2 aliphatic rings. The number of fused-ring (bicyclic) bond motifs is 1. The molecule has 1 fully saturated rings. The van der Waals surface area contributed by atoms with Crippen LogP contribution in [0, 0.1) is 17.8 Å². The average Bonchev–Trinajstić information content (AvgIpc) is 2.92. The van der Waals surface area contributed by atoms with Gasteiger partial charge in [0.25, 0.3) is 5.91 Å². The van der Waals surface area contributed by atoms with Gasteiger partial charge < -0.3 is 20.9 Å². The summed E-state index contributed by atoms with van der Waals surface area (Å²) in [5, 5.41) is 9.18. The van der Waals surface area contributed by atoms with Gasteiger partial charge in [0.1, 0.15) is 0 Å². The number of hydrogen-bond donors (Lipinski definition) is 3. The molecule has 2 atom stereocenters. The van der Waals surface area contributed by atoms with E-state index in [0.29, 0.717) is 12.1 Å². The van der Waals surface area contributed by atoms with Gasteiger partial charge in [-0.05, 0) is 68.0 Å². The second-order valence-corrected chi connectivity index (χ2v) is 9.84. The largest absolute Gasteiger partial charge is 0.378 e. The zero-order valence-corrected chi connectivity index (χ0v) is 21.7. The van der Waals surface area contributed by atoms with Gasteiger partial charge in [0.05, 0.1) is 12.6 Å². The number of nitrogens with zero attached hydrogens (tertiary/aromatic N) is 1. The number of carbonyl (C=O) groups is 3. The number of para-hydroxylation sites is 1. The molecule has 3 N–H and O–H groups in total. The van der Waals surface area contributed by atoms with Crippen LogP contribution in [-0.4, -0.2) is 30.3 Å². The van der Waals surface area contributed by atoms with Gasteiger partial charge in [0.2, 0.25) is 11.8 Å². The third-order valence-corrected chi connectivity index (χ3v) is 7.17. The second kappa shape index (κ2) is 12.4. The number of anilines is 3. The topological polar surface area (TPSA) is 90.5 Å². The molecule has 3 amide bonds. The second-order valence-electron chi connectivity index (χ2n) is 9.84. The Kier molecular flexibility index (Phi) is 8.84. The third-order valence-electron chi connectivity index (χ3n) is 7.17. The third kappa shape index (κ3) is 6.71. The first-order chi connectivity index (χ1) is 18.0. The zero-order chi connectivity index (χ0) is 26.2. The Morgan fingerprint density at radius 1 is 0.973 bits per heavy atom. The Balaban J connectivity index is 1.31. The van der Waals surface area contributed by atoms with Crippen LogP contribution in [0.2, 0.25) is 0 Å². The maximum atomic E-state index is 12.6. The molecule has 0 spiro atoms. The lowest BCUT2D eigenvalue weighted by molar-refractivity contribution is -0.125. The number of benzene rings is 2. The molecule has 194 valence electrons. The maximum absolute atomic E-state index is 12.6. The van der Waals surface area contributed by atoms with E-state index in [1.54, 1.807) is 0 Å². The lowest BCUT2D eigenvalue weighted by Crippen LogP contribution is -2.44. The molecule has 7 nitrogen and oxygen atoms in total. The van der Waals surface area contributed by atoms with Crippen molar-refractivity contribution >= 4 is 34.8 Å². The van der Waals surface area contributed by atoms with Gasteiger partial charge in [-0.1, -0.05) is 50.3 Å². The first kappa shape index (κ1) is 26.3. The molecule has 2 aromatic rings. The predicted octanol–water partition coefficient (Wildman–Crippen LogP) is 5.01. The predicted molar refractivity (Wildman–Crippen MR) is 147 cm³/mol. The highest BCUT2D eigenvalue weighted by molar-refractivity contribution is 6.04. The first-order valence-electron chi connectivity index (χ1n) is 13.3. The summed E-state index contributed by atoms with van der Waals surface area (Å²) in [6.07, 6.45) is 6.56. The lowest BCUT2D eigenvalue weighted by atomic mass is 9.89. The molecule has 1 aliphatic carbocycles. The van der Waals surface area contributed by atoms with Crippen LogP contribution in [0.5, 0.6) is 0 Å². The Morgan fingerprint density at radius 3 is 2.41 bits per heavy atom. The van der Waals surface area contributed by atoms with Crippen LogP contribution in [-0.2, 0) is 14.4 Å². The number of amides is 3. The van der Waals surface area contributed by atoms with E-state index in [0.717, 1.165) is 49.0 Å². The van der Waals surface area contributed by atoms with Crippen molar-refractivity contribution in [3.05, 3.63) is 54.1 Å². The highest BCUT2D eigenvalue weighted by Crippen LogP contribution is 2.39. The fraction of sp³-hybridized carbons (Fsp3) is 0.433. The quantitative estimate of drug-likeness (QED) is 0.486. The fourth-order valence-corrected chi connectivity index (χ4v) is 5.28. The number of rotatable bonds is 6. The highest BCUT2D eigenvalue weighted by Gasteiger charge is 2.32. The molecule has 0 unspecified atom stereocenters. The minimum Gasteiger partial charge on any atom is -0.378 e. The number of carbonyl (C=O) groups excluding carboxylic acids is 3. The molecule has 0 saturated heterocycles. The Morgan fingerprint density at radius 2 is 1.68 bits per heavy atom. The van der Waals surface area contributed by atoms with Crippen molar-refractivity contribution in [2.24, 2.45) is 5.92 Å². The van der Waals surface area contributed by atoms with E-state index in [1.165, 1.54) is 6.42 Å². The summed E-state index contributed by atoms with van der Waals surface area (Å²) in [7, 11) is 0. The summed E-state index contributed by atoms with van der Waals surface area (Å²) in [5.74, 6) is 5.12. The SMILES string of the molecule is CCC(=O)N1c2ccccc2[C@H](Nc2ccc(NC(=O)C#CCNC(=O)C3CCCCC3)cc2)C[C@@H]1C. The van der Waals surface area contributed by atoms with E-state index in [2.05, 4.69) is 40.8 Å². The molecule has 4 rings (SSSR count). The molecule has 0 bridgehead atoms. The minimum absolute atomic E-state index is 0.0390. The lowest BCUT2D eigenvalue weighted by Gasteiger charge is -2.40. The first-order valence-corrected chi connectivity index (χ1v) is 13.3. The van der Waals surface area contributed by atoms with E-state index in [1.807, 2.05) is 54.3 Å². The molecule has 2 aromatic carbocycles. The fourth-order valence-electron chi connectivity index (χ4n) is 5.28. The van der Waals surface area contributed by atoms with Crippen molar-refractivity contribution in [2.45, 2.75) is 70.9 Å². The smallest absolute Gasteiger partial charge is 0.300 e. The van der Waals surface area contributed by atoms with Crippen molar-refractivity contribution in [2.75, 3.05) is 22.1 Å². The molecule has 0 radical (unpaired) electrons. The van der Waals surface area contributed by atoms with Crippen LogP contribution in [0.1, 0.15) is 70.4 Å². The Hall–Kier alpha value is -3.79. The minimum atomic E-state index is -0.414. The zero-order valence-electron chi connectivity index (χ0n) is 21.7. The van der Waals surface area contributed by atoms with Gasteiger partial charge in [-0.3, -0.25) is 14.4 Å². The molecular weight excluding hydrogens is 464 g/mol. The summed E-state index contributed by atoms with van der Waals surface area (Å²) < 4.78 is 0. The Labute approximate surface area is 219 Å². The number of hydrogen-bond acceptors (Lipinski definition) is 4. The van der Waals surface area contributed by atoms with Crippen molar-refractivity contribution in [1.29, 1.82) is 0 Å². The van der Waals surface area contributed by atoms with E-state index in [-0.39, 0.29) is 36.4 Å². The molecule has 1 heterocycles. The van der Waals surface area contributed by atoms with E-state index in [9.17, 15) is 14.4 Å². The average molecular weight is 501 g/mol. The molecule has 1 saturated carbocycles. The normalized spacial score (nSPS) is 19.1. The summed E-state index contributed by atoms with van der Waals surface area (Å²) in [6.45, 7) is 4.15. The van der Waals surface area contributed by atoms with Crippen molar-refractivity contribution in [3.63, 3.8) is 0 Å². The van der Waals surface area contributed by atoms with Crippen LogP contribution in [0.25, 0.3) is 0 Å². The van der Waals surface area contributed by atoms with Crippen LogP contribution in [0.15, 0.2) is 48.5 Å². The van der Waals surface area contributed by atoms with E-state index < -0.39 is 5.91 Å². The van der Waals surface area contributed by atoms with Gasteiger partial charge in [0.15, 0.2) is 0 Å². The molecular formula is C30H36N4O3. The van der Waals surface area contributed by atoms with Crippen molar-refractivity contribution in [1.82, 2.24) is 5.32 Å². The van der Waals surface area contributed by atoms with Crippen LogP contribution in [0.3, 0.4) is 0 Å². The van der Waals surface area contributed by atoms with Crippen LogP contribution >= 0.6 is 0 Å². The van der Waals surface area contributed by atoms with E-state index >= 15 is 0 Å². The summed E-state index contributed by atoms with van der Waals surface area (Å²) in [4.78, 5) is 38.8. The van der Waals surface area contributed by atoms with Crippen molar-refractivity contribution in [3.8, 4) is 11.8 Å². The highest BCUT2D eigenvalue weighted by atomic mass is 16.2. The maximum Gasteiger partial charge on any atom is 0.300 e. The molecule has 7 heteroatoms. The van der Waals surface area contributed by atoms with Gasteiger partial charge in [-0.15, -0.1) is 0 Å². The van der Waals surface area contributed by atoms with Gasteiger partial charge in [0, 0.05) is 35.4 Å². The van der Waals surface area contributed by atoms with Gasteiger partial charge in [-0.2, -0.15) is 0 Å². The number of nitrogens with one attached hydrogen (secondary N) is 3.